The van der Waals surface area contributed by atoms with Gasteiger partial charge < -0.3 is 5.32 Å². The van der Waals surface area contributed by atoms with E-state index in [2.05, 4.69) is 5.32 Å². The molecule has 0 amide bonds. The lowest BCUT2D eigenvalue weighted by Gasteiger charge is -2.19. The van der Waals surface area contributed by atoms with Gasteiger partial charge in [0, 0.05) is 9.79 Å². The number of hydrogen-bond acceptors (Lipinski definition) is 3. The predicted octanol–water partition coefficient (Wildman–Crippen LogP) is 4.98. The van der Waals surface area contributed by atoms with Gasteiger partial charge in [0.25, 0.3) is 0 Å². The van der Waals surface area contributed by atoms with Crippen LogP contribution in [0.5, 0.6) is 0 Å². The molecule has 3 rings (SSSR count). The van der Waals surface area contributed by atoms with Crippen molar-refractivity contribution in [1.82, 2.24) is 0 Å². The monoisotopic (exact) mass is 273 g/mol. The zero-order chi connectivity index (χ0) is 12.0. The summed E-state index contributed by atoms with van der Waals surface area (Å²) in [7, 11) is 0. The van der Waals surface area contributed by atoms with Gasteiger partial charge in [0.15, 0.2) is 0 Å². The fraction of sp³-hybridized carbons (Fsp3) is 0.0909. The topological polar surface area (TPSA) is 12.0 Å². The van der Waals surface area contributed by atoms with E-state index in [0.29, 0.717) is 5.69 Å². The molecule has 0 saturated carbocycles. The van der Waals surface area contributed by atoms with E-state index in [0.717, 1.165) is 26.9 Å². The third-order valence-electron chi connectivity index (χ3n) is 2.40. The second-order valence-electron chi connectivity index (χ2n) is 3.55. The largest absolute Gasteiger partial charge is 0.416 e. The Morgan fingerprint density at radius 2 is 1.88 bits per heavy atom. The van der Waals surface area contributed by atoms with Gasteiger partial charge >= 0.3 is 6.18 Å². The van der Waals surface area contributed by atoms with Crippen LogP contribution in [0.2, 0.25) is 0 Å². The minimum absolute atomic E-state index is 0.528. The van der Waals surface area contributed by atoms with Crippen LogP contribution in [-0.2, 0) is 6.18 Å². The molecule has 0 spiro atoms. The number of anilines is 2. The summed E-state index contributed by atoms with van der Waals surface area (Å²) in [6.45, 7) is 0. The highest BCUT2D eigenvalue weighted by Gasteiger charge is 2.31. The van der Waals surface area contributed by atoms with Crippen LogP contribution < -0.4 is 5.32 Å². The van der Waals surface area contributed by atoms with Crippen molar-refractivity contribution in [3.63, 3.8) is 0 Å². The number of alkyl halides is 3. The van der Waals surface area contributed by atoms with Crippen molar-refractivity contribution >= 4 is 33.8 Å². The first-order valence-electron chi connectivity index (χ1n) is 4.78. The van der Waals surface area contributed by atoms with E-state index >= 15 is 0 Å². The number of benzene rings is 1. The standard InChI is InChI=1S/C11H6F3NS2/c12-11(13,14)6-1-2-8-7(5-6)15-10-9(17-8)3-4-16-10/h1-5,15H. The lowest BCUT2D eigenvalue weighted by atomic mass is 10.2. The molecule has 6 heteroatoms. The summed E-state index contributed by atoms with van der Waals surface area (Å²) >= 11 is 2.98. The molecule has 0 radical (unpaired) electrons. The first kappa shape index (κ1) is 11.0. The first-order chi connectivity index (χ1) is 8.04. The lowest BCUT2D eigenvalue weighted by Crippen LogP contribution is -2.06. The minimum Gasteiger partial charge on any atom is -0.345 e. The Morgan fingerprint density at radius 3 is 2.65 bits per heavy atom. The molecule has 88 valence electrons. The summed E-state index contributed by atoms with van der Waals surface area (Å²) in [5, 5.41) is 5.85. The van der Waals surface area contributed by atoms with Gasteiger partial charge in [-0.05, 0) is 29.6 Å². The molecule has 1 aromatic carbocycles. The number of fused-ring (bicyclic) bond motifs is 2. The summed E-state index contributed by atoms with van der Waals surface area (Å²) in [5.41, 5.74) is -0.0934. The number of halogens is 3. The van der Waals surface area contributed by atoms with Crippen molar-refractivity contribution in [3.05, 3.63) is 35.2 Å². The Labute approximate surface area is 104 Å². The van der Waals surface area contributed by atoms with Crippen molar-refractivity contribution in [2.45, 2.75) is 16.0 Å². The highest BCUT2D eigenvalue weighted by Crippen LogP contribution is 2.47. The van der Waals surface area contributed by atoms with Crippen molar-refractivity contribution in [2.75, 3.05) is 5.32 Å². The van der Waals surface area contributed by atoms with E-state index < -0.39 is 11.7 Å². The third kappa shape index (κ3) is 1.91. The Kier molecular flexibility index (Phi) is 2.38. The average Bonchev–Trinajstić information content (AvgIpc) is 2.70. The molecule has 1 nitrogen and oxygen atoms in total. The van der Waals surface area contributed by atoms with E-state index in [1.54, 1.807) is 0 Å². The smallest absolute Gasteiger partial charge is 0.345 e. The molecule has 1 aliphatic heterocycles. The molecule has 1 N–H and O–H groups in total. The summed E-state index contributed by atoms with van der Waals surface area (Å²) in [4.78, 5) is 1.88. The fourth-order valence-electron chi connectivity index (χ4n) is 1.60. The summed E-state index contributed by atoms with van der Waals surface area (Å²) < 4.78 is 37.7. The zero-order valence-corrected chi connectivity index (χ0v) is 9.97. The van der Waals surface area contributed by atoms with Crippen LogP contribution in [0.25, 0.3) is 0 Å². The molecule has 17 heavy (non-hydrogen) atoms. The lowest BCUT2D eigenvalue weighted by molar-refractivity contribution is -0.137. The second kappa shape index (κ2) is 3.68. The molecule has 2 heterocycles. The Balaban J connectivity index is 2.04. The van der Waals surface area contributed by atoms with Gasteiger partial charge in [0.1, 0.15) is 5.00 Å². The normalized spacial score (nSPS) is 13.8. The SMILES string of the molecule is FC(F)(F)c1ccc2c(c1)Nc1sccc1S2. The molecule has 0 unspecified atom stereocenters. The van der Waals surface area contributed by atoms with Gasteiger partial charge in [0.05, 0.1) is 11.3 Å². The van der Waals surface area contributed by atoms with Crippen LogP contribution in [0.3, 0.4) is 0 Å². The van der Waals surface area contributed by atoms with Crippen molar-refractivity contribution in [3.8, 4) is 0 Å². The fourth-order valence-corrected chi connectivity index (χ4v) is 3.52. The molecule has 1 aliphatic rings. The maximum absolute atomic E-state index is 12.6. The van der Waals surface area contributed by atoms with E-state index in [4.69, 9.17) is 0 Å². The Morgan fingerprint density at radius 1 is 1.06 bits per heavy atom. The molecule has 2 aromatic rings. The van der Waals surface area contributed by atoms with Crippen LogP contribution in [0, 0.1) is 0 Å². The maximum Gasteiger partial charge on any atom is 0.416 e. The Hall–Kier alpha value is -1.14. The highest BCUT2D eigenvalue weighted by molar-refractivity contribution is 8.00. The van der Waals surface area contributed by atoms with E-state index in [9.17, 15) is 13.2 Å². The first-order valence-corrected chi connectivity index (χ1v) is 6.47. The Bertz CT molecular complexity index is 574. The van der Waals surface area contributed by atoms with E-state index in [1.807, 2.05) is 11.4 Å². The van der Waals surface area contributed by atoms with Crippen molar-refractivity contribution in [2.24, 2.45) is 0 Å². The highest BCUT2D eigenvalue weighted by atomic mass is 32.2. The molecule has 0 aliphatic carbocycles. The molecular weight excluding hydrogens is 267 g/mol. The molecule has 0 bridgehead atoms. The molecule has 0 fully saturated rings. The third-order valence-corrected chi connectivity index (χ3v) is 4.50. The van der Waals surface area contributed by atoms with Crippen molar-refractivity contribution in [1.29, 1.82) is 0 Å². The van der Waals surface area contributed by atoms with Gasteiger partial charge in [-0.25, -0.2) is 0 Å². The molecular formula is C11H6F3NS2. The zero-order valence-electron chi connectivity index (χ0n) is 8.34. The van der Waals surface area contributed by atoms with Gasteiger partial charge in [-0.3, -0.25) is 0 Å². The summed E-state index contributed by atoms with van der Waals surface area (Å²) in [6.07, 6.45) is -4.29. The van der Waals surface area contributed by atoms with Crippen molar-refractivity contribution < 1.29 is 13.2 Å². The summed E-state index contributed by atoms with van der Waals surface area (Å²) in [5.74, 6) is 0. The second-order valence-corrected chi connectivity index (χ2v) is 5.55. The minimum atomic E-state index is -4.29. The van der Waals surface area contributed by atoms with Crippen LogP contribution in [0.1, 0.15) is 5.56 Å². The van der Waals surface area contributed by atoms with Gasteiger partial charge in [0.2, 0.25) is 0 Å². The molecule has 1 aromatic heterocycles. The molecule has 0 saturated heterocycles. The van der Waals surface area contributed by atoms with E-state index in [1.165, 1.54) is 29.2 Å². The average molecular weight is 273 g/mol. The predicted molar refractivity (Wildman–Crippen MR) is 63.2 cm³/mol. The van der Waals surface area contributed by atoms with Crippen LogP contribution in [0.4, 0.5) is 23.9 Å². The van der Waals surface area contributed by atoms with Gasteiger partial charge in [-0.1, -0.05) is 11.8 Å². The van der Waals surface area contributed by atoms with E-state index in [-0.39, 0.29) is 0 Å². The molecule has 0 atom stereocenters. The van der Waals surface area contributed by atoms with Crippen LogP contribution in [0.15, 0.2) is 39.4 Å². The summed E-state index contributed by atoms with van der Waals surface area (Å²) in [6, 6.07) is 5.74. The maximum atomic E-state index is 12.6. The van der Waals surface area contributed by atoms with Crippen LogP contribution in [-0.4, -0.2) is 0 Å². The van der Waals surface area contributed by atoms with Gasteiger partial charge in [-0.2, -0.15) is 13.2 Å². The number of nitrogens with one attached hydrogen (secondary N) is 1. The number of rotatable bonds is 0. The van der Waals surface area contributed by atoms with Crippen LogP contribution >= 0.6 is 23.1 Å². The quantitative estimate of drug-likeness (QED) is 0.620. The number of hydrogen-bond donors (Lipinski definition) is 1. The van der Waals surface area contributed by atoms with Gasteiger partial charge in [-0.15, -0.1) is 11.3 Å². The number of thiophene rings is 1.